The smallest absolute Gasteiger partial charge is 0.122 e. The number of aryl methyl sites for hydroxylation is 1. The number of hydrogen-bond acceptors (Lipinski definition) is 3. The first kappa shape index (κ1) is 11.4. The van der Waals surface area contributed by atoms with Gasteiger partial charge in [-0.3, -0.25) is 0 Å². The molecule has 1 rings (SSSR count). The number of rotatable bonds is 5. The van der Waals surface area contributed by atoms with Crippen molar-refractivity contribution in [2.75, 3.05) is 12.5 Å². The Balaban J connectivity index is 2.68. The summed E-state index contributed by atoms with van der Waals surface area (Å²) in [4.78, 5) is 0. The highest BCUT2D eigenvalue weighted by molar-refractivity contribution is 7.80. The van der Waals surface area contributed by atoms with Gasteiger partial charge in [-0.15, -0.1) is 0 Å². The van der Waals surface area contributed by atoms with Crippen molar-refractivity contribution in [2.45, 2.75) is 20.4 Å². The van der Waals surface area contributed by atoms with E-state index in [1.807, 2.05) is 13.0 Å². The maximum absolute atomic E-state index is 5.46. The molecule has 1 aromatic carbocycles. The van der Waals surface area contributed by atoms with Crippen molar-refractivity contribution in [2.24, 2.45) is 0 Å². The van der Waals surface area contributed by atoms with Crippen LogP contribution in [-0.2, 0) is 6.54 Å². The van der Waals surface area contributed by atoms with Crippen molar-refractivity contribution in [1.29, 1.82) is 0 Å². The molecular weight excluding hydrogens is 194 g/mol. The third-order valence-electron chi connectivity index (χ3n) is 1.98. The van der Waals surface area contributed by atoms with Crippen molar-refractivity contribution < 1.29 is 4.74 Å². The fraction of sp³-hybridized carbons (Fsp3) is 0.455. The van der Waals surface area contributed by atoms with E-state index in [0.29, 0.717) is 5.88 Å². The first-order valence-electron chi connectivity index (χ1n) is 4.81. The molecule has 0 saturated carbocycles. The van der Waals surface area contributed by atoms with Gasteiger partial charge in [-0.1, -0.05) is 12.1 Å². The molecule has 0 atom stereocenters. The van der Waals surface area contributed by atoms with Gasteiger partial charge >= 0.3 is 0 Å². The lowest BCUT2D eigenvalue weighted by Gasteiger charge is -2.09. The lowest BCUT2D eigenvalue weighted by Crippen LogP contribution is -2.10. The molecule has 0 aliphatic carbocycles. The van der Waals surface area contributed by atoms with Crippen LogP contribution in [0.2, 0.25) is 0 Å². The van der Waals surface area contributed by atoms with Crippen LogP contribution in [0.1, 0.15) is 18.1 Å². The lowest BCUT2D eigenvalue weighted by molar-refractivity contribution is 0.338. The third-order valence-corrected chi connectivity index (χ3v) is 2.20. The van der Waals surface area contributed by atoms with E-state index >= 15 is 0 Å². The van der Waals surface area contributed by atoms with Gasteiger partial charge in [0.1, 0.15) is 5.75 Å². The minimum Gasteiger partial charge on any atom is -0.494 e. The molecule has 0 aromatic heterocycles. The maximum atomic E-state index is 5.46. The van der Waals surface area contributed by atoms with Crippen molar-refractivity contribution in [1.82, 2.24) is 5.32 Å². The van der Waals surface area contributed by atoms with Gasteiger partial charge in [0.2, 0.25) is 0 Å². The summed E-state index contributed by atoms with van der Waals surface area (Å²) < 4.78 is 5.46. The zero-order valence-electron chi connectivity index (χ0n) is 8.71. The molecule has 3 heteroatoms. The summed E-state index contributed by atoms with van der Waals surface area (Å²) in [6.45, 7) is 5.64. The van der Waals surface area contributed by atoms with Gasteiger partial charge in [0, 0.05) is 12.4 Å². The maximum Gasteiger partial charge on any atom is 0.122 e. The molecule has 78 valence electrons. The Hall–Kier alpha value is -0.670. The molecule has 0 spiro atoms. The van der Waals surface area contributed by atoms with Crippen molar-refractivity contribution in [3.8, 4) is 5.75 Å². The van der Waals surface area contributed by atoms with Crippen molar-refractivity contribution in [3.63, 3.8) is 0 Å². The van der Waals surface area contributed by atoms with E-state index in [1.165, 1.54) is 11.1 Å². The molecule has 0 amide bonds. The predicted molar refractivity (Wildman–Crippen MR) is 63.0 cm³/mol. The van der Waals surface area contributed by atoms with Crippen LogP contribution in [0.3, 0.4) is 0 Å². The van der Waals surface area contributed by atoms with E-state index < -0.39 is 0 Å². The van der Waals surface area contributed by atoms with Gasteiger partial charge in [-0.25, -0.2) is 0 Å². The van der Waals surface area contributed by atoms with Crippen LogP contribution >= 0.6 is 12.6 Å². The van der Waals surface area contributed by atoms with E-state index in [1.54, 1.807) is 0 Å². The van der Waals surface area contributed by atoms with Crippen molar-refractivity contribution in [3.05, 3.63) is 29.3 Å². The average Bonchev–Trinajstić information content (AvgIpc) is 2.19. The van der Waals surface area contributed by atoms with Gasteiger partial charge < -0.3 is 10.1 Å². The highest BCUT2D eigenvalue weighted by atomic mass is 32.1. The molecule has 1 aromatic rings. The van der Waals surface area contributed by atoms with E-state index in [4.69, 9.17) is 4.74 Å². The minimum absolute atomic E-state index is 0.701. The largest absolute Gasteiger partial charge is 0.494 e. The standard InChI is InChI=1S/C11H17NOS/c1-3-13-11-5-4-10(6-9(11)2)7-12-8-14/h4-6,12,14H,3,7-8H2,1-2H3. The number of nitrogens with one attached hydrogen (secondary N) is 1. The van der Waals surface area contributed by atoms with Crippen LogP contribution in [0.15, 0.2) is 18.2 Å². The van der Waals surface area contributed by atoms with Gasteiger partial charge in [0.05, 0.1) is 6.61 Å². The zero-order chi connectivity index (χ0) is 10.4. The summed E-state index contributed by atoms with van der Waals surface area (Å²) in [5, 5.41) is 3.17. The number of ether oxygens (including phenoxy) is 1. The van der Waals surface area contributed by atoms with Gasteiger partial charge in [-0.05, 0) is 31.0 Å². The second-order valence-electron chi connectivity index (χ2n) is 3.12. The fourth-order valence-electron chi connectivity index (χ4n) is 1.34. The van der Waals surface area contributed by atoms with E-state index in [9.17, 15) is 0 Å². The summed E-state index contributed by atoms with van der Waals surface area (Å²) >= 11 is 4.09. The summed E-state index contributed by atoms with van der Waals surface area (Å²) in [5.74, 6) is 1.67. The third kappa shape index (κ3) is 3.24. The second kappa shape index (κ2) is 5.94. The van der Waals surface area contributed by atoms with Crippen molar-refractivity contribution >= 4 is 12.6 Å². The van der Waals surface area contributed by atoms with Crippen LogP contribution in [0, 0.1) is 6.92 Å². The van der Waals surface area contributed by atoms with Crippen LogP contribution < -0.4 is 10.1 Å². The number of hydrogen-bond donors (Lipinski definition) is 2. The Kier molecular flexibility index (Phi) is 4.84. The zero-order valence-corrected chi connectivity index (χ0v) is 9.60. The molecule has 0 radical (unpaired) electrons. The number of thiol groups is 1. The summed E-state index contributed by atoms with van der Waals surface area (Å²) in [7, 11) is 0. The molecule has 0 bridgehead atoms. The Morgan fingerprint density at radius 1 is 1.43 bits per heavy atom. The molecular formula is C11H17NOS. The summed E-state index contributed by atoms with van der Waals surface area (Å²) in [6.07, 6.45) is 0. The first-order chi connectivity index (χ1) is 6.77. The molecule has 0 fully saturated rings. The summed E-state index contributed by atoms with van der Waals surface area (Å²) in [5.41, 5.74) is 2.45. The first-order valence-corrected chi connectivity index (χ1v) is 5.45. The normalized spacial score (nSPS) is 10.2. The van der Waals surface area contributed by atoms with Gasteiger partial charge in [-0.2, -0.15) is 12.6 Å². The fourth-order valence-corrected chi connectivity index (χ4v) is 1.45. The Morgan fingerprint density at radius 2 is 2.21 bits per heavy atom. The molecule has 0 saturated heterocycles. The van der Waals surface area contributed by atoms with Gasteiger partial charge in [0.25, 0.3) is 0 Å². The Morgan fingerprint density at radius 3 is 2.79 bits per heavy atom. The van der Waals surface area contributed by atoms with Crippen LogP contribution in [-0.4, -0.2) is 12.5 Å². The van der Waals surface area contributed by atoms with Crippen LogP contribution in [0.4, 0.5) is 0 Å². The minimum atomic E-state index is 0.701. The average molecular weight is 211 g/mol. The van der Waals surface area contributed by atoms with E-state index in [2.05, 4.69) is 37.0 Å². The van der Waals surface area contributed by atoms with E-state index in [-0.39, 0.29) is 0 Å². The monoisotopic (exact) mass is 211 g/mol. The lowest BCUT2D eigenvalue weighted by atomic mass is 10.1. The Bertz CT molecular complexity index is 289. The SMILES string of the molecule is CCOc1ccc(CNCS)cc1C. The van der Waals surface area contributed by atoms with E-state index in [0.717, 1.165) is 18.9 Å². The summed E-state index contributed by atoms with van der Waals surface area (Å²) in [6, 6.07) is 6.24. The van der Waals surface area contributed by atoms with Gasteiger partial charge in [0.15, 0.2) is 0 Å². The highest BCUT2D eigenvalue weighted by Crippen LogP contribution is 2.18. The molecule has 0 aliphatic rings. The second-order valence-corrected chi connectivity index (χ2v) is 3.43. The topological polar surface area (TPSA) is 21.3 Å². The molecule has 14 heavy (non-hydrogen) atoms. The molecule has 0 aliphatic heterocycles. The van der Waals surface area contributed by atoms with Crippen LogP contribution in [0.25, 0.3) is 0 Å². The van der Waals surface area contributed by atoms with Crippen LogP contribution in [0.5, 0.6) is 5.75 Å². The highest BCUT2D eigenvalue weighted by Gasteiger charge is 1.99. The number of benzene rings is 1. The molecule has 2 nitrogen and oxygen atoms in total. The predicted octanol–water partition coefficient (Wildman–Crippen LogP) is 2.37. The molecule has 1 N–H and O–H groups in total. The quantitative estimate of drug-likeness (QED) is 0.576. The molecule has 0 unspecified atom stereocenters. The molecule has 0 heterocycles. The Labute approximate surface area is 91.1 Å².